The van der Waals surface area contributed by atoms with E-state index in [1.54, 1.807) is 42.5 Å². The molecular weight excluding hydrogens is 365 g/mol. The van der Waals surface area contributed by atoms with Crippen LogP contribution in [0.4, 0.5) is 5.69 Å². The molecule has 0 radical (unpaired) electrons. The van der Waals surface area contributed by atoms with E-state index in [0.717, 1.165) is 6.42 Å². The predicted molar refractivity (Wildman–Crippen MR) is 97.6 cm³/mol. The van der Waals surface area contributed by atoms with Gasteiger partial charge in [-0.05, 0) is 48.9 Å². The molecule has 0 aliphatic carbocycles. The van der Waals surface area contributed by atoms with Crippen LogP contribution in [-0.4, -0.2) is 25.1 Å². The first kappa shape index (κ1) is 19.1. The van der Waals surface area contributed by atoms with Gasteiger partial charge in [0.15, 0.2) is 6.61 Å². The number of benzene rings is 2. The van der Waals surface area contributed by atoms with Crippen LogP contribution in [0, 0.1) is 0 Å². The number of halogens is 2. The van der Waals surface area contributed by atoms with Crippen LogP contribution in [0.15, 0.2) is 42.5 Å². The summed E-state index contributed by atoms with van der Waals surface area (Å²) in [5.41, 5.74) is 0.843. The summed E-state index contributed by atoms with van der Waals surface area (Å²) in [6.45, 7) is 2.10. The maximum absolute atomic E-state index is 12.2. The van der Waals surface area contributed by atoms with Gasteiger partial charge in [0.1, 0.15) is 5.75 Å². The van der Waals surface area contributed by atoms with Crippen molar-refractivity contribution >= 4 is 40.8 Å². The largest absolute Gasteiger partial charge is 0.482 e. The summed E-state index contributed by atoms with van der Waals surface area (Å²) in [6.07, 6.45) is 0.756. The van der Waals surface area contributed by atoms with Gasteiger partial charge in [-0.1, -0.05) is 30.1 Å². The van der Waals surface area contributed by atoms with E-state index < -0.39 is 5.97 Å². The van der Waals surface area contributed by atoms with Crippen molar-refractivity contribution in [1.29, 1.82) is 0 Å². The summed E-state index contributed by atoms with van der Waals surface area (Å²) >= 11 is 11.9. The van der Waals surface area contributed by atoms with Gasteiger partial charge < -0.3 is 14.8 Å². The molecule has 132 valence electrons. The molecule has 0 aromatic heterocycles. The standard InChI is InChI=1S/C18H17Cl2NO4/c1-2-9-24-17(22)11-25-14-6-3-12(4-7-14)18(23)21-16-10-13(19)5-8-15(16)20/h3-8,10H,2,9,11H2,1H3,(H,21,23). The van der Waals surface area contributed by atoms with Crippen molar-refractivity contribution in [2.24, 2.45) is 0 Å². The predicted octanol–water partition coefficient (Wildman–Crippen LogP) is 4.58. The zero-order chi connectivity index (χ0) is 18.2. The van der Waals surface area contributed by atoms with Crippen molar-refractivity contribution < 1.29 is 19.1 Å². The molecule has 0 unspecified atom stereocenters. The number of esters is 1. The van der Waals surface area contributed by atoms with Crippen LogP contribution in [0.25, 0.3) is 0 Å². The third-order valence-corrected chi connectivity index (χ3v) is 3.68. The molecule has 0 saturated carbocycles. The summed E-state index contributed by atoms with van der Waals surface area (Å²) in [5.74, 6) is -0.303. The highest BCUT2D eigenvalue weighted by molar-refractivity contribution is 6.35. The van der Waals surface area contributed by atoms with Gasteiger partial charge in [-0.15, -0.1) is 0 Å². The van der Waals surface area contributed by atoms with Crippen molar-refractivity contribution in [3.63, 3.8) is 0 Å². The van der Waals surface area contributed by atoms with Crippen LogP contribution in [-0.2, 0) is 9.53 Å². The Morgan fingerprint density at radius 2 is 1.80 bits per heavy atom. The van der Waals surface area contributed by atoms with Gasteiger partial charge in [-0.25, -0.2) is 4.79 Å². The molecule has 0 heterocycles. The van der Waals surface area contributed by atoms with Crippen molar-refractivity contribution in [3.8, 4) is 5.75 Å². The first-order chi connectivity index (χ1) is 12.0. The molecule has 0 spiro atoms. The summed E-state index contributed by atoms with van der Waals surface area (Å²) in [6, 6.07) is 11.2. The Morgan fingerprint density at radius 3 is 2.48 bits per heavy atom. The summed E-state index contributed by atoms with van der Waals surface area (Å²) in [5, 5.41) is 3.55. The molecule has 2 rings (SSSR count). The second-order valence-corrected chi connectivity index (χ2v) is 5.96. The molecule has 1 amide bonds. The summed E-state index contributed by atoms with van der Waals surface area (Å²) < 4.78 is 10.2. The molecular formula is C18H17Cl2NO4. The number of rotatable bonds is 7. The van der Waals surface area contributed by atoms with E-state index in [-0.39, 0.29) is 12.5 Å². The Labute approximate surface area is 155 Å². The van der Waals surface area contributed by atoms with Crippen LogP contribution in [0.5, 0.6) is 5.75 Å². The van der Waals surface area contributed by atoms with Crippen molar-refractivity contribution in [1.82, 2.24) is 0 Å². The summed E-state index contributed by atoms with van der Waals surface area (Å²) in [4.78, 5) is 23.6. The molecule has 25 heavy (non-hydrogen) atoms. The molecule has 0 saturated heterocycles. The van der Waals surface area contributed by atoms with E-state index in [9.17, 15) is 9.59 Å². The van der Waals surface area contributed by atoms with Crippen molar-refractivity contribution in [3.05, 3.63) is 58.1 Å². The Kier molecular flexibility index (Phi) is 7.10. The van der Waals surface area contributed by atoms with Gasteiger partial charge >= 0.3 is 5.97 Å². The average molecular weight is 382 g/mol. The highest BCUT2D eigenvalue weighted by atomic mass is 35.5. The fourth-order valence-electron chi connectivity index (χ4n) is 1.89. The highest BCUT2D eigenvalue weighted by Gasteiger charge is 2.10. The number of amides is 1. The zero-order valence-electron chi connectivity index (χ0n) is 13.6. The number of nitrogens with one attached hydrogen (secondary N) is 1. The molecule has 2 aromatic carbocycles. The SMILES string of the molecule is CCCOC(=O)COc1ccc(C(=O)Nc2cc(Cl)ccc2Cl)cc1. The first-order valence-corrected chi connectivity index (χ1v) is 8.40. The van der Waals surface area contributed by atoms with E-state index >= 15 is 0 Å². The maximum Gasteiger partial charge on any atom is 0.344 e. The molecule has 5 nitrogen and oxygen atoms in total. The van der Waals surface area contributed by atoms with Crippen LogP contribution < -0.4 is 10.1 Å². The quantitative estimate of drug-likeness (QED) is 0.712. The lowest BCUT2D eigenvalue weighted by Crippen LogP contribution is -2.15. The van der Waals surface area contributed by atoms with Crippen LogP contribution >= 0.6 is 23.2 Å². The minimum absolute atomic E-state index is 0.177. The fraction of sp³-hybridized carbons (Fsp3) is 0.222. The minimum atomic E-state index is -0.431. The molecule has 2 aromatic rings. The Morgan fingerprint density at radius 1 is 1.08 bits per heavy atom. The van der Waals surface area contributed by atoms with Gasteiger partial charge in [0, 0.05) is 10.6 Å². The Bertz CT molecular complexity index is 747. The third kappa shape index (κ3) is 5.96. The normalized spacial score (nSPS) is 10.2. The average Bonchev–Trinajstić information content (AvgIpc) is 2.61. The van der Waals surface area contributed by atoms with E-state index in [2.05, 4.69) is 5.32 Å². The molecule has 0 aliphatic rings. The lowest BCUT2D eigenvalue weighted by molar-refractivity contribution is -0.146. The second kappa shape index (κ2) is 9.30. The Balaban J connectivity index is 1.93. The van der Waals surface area contributed by atoms with Gasteiger partial charge in [0.05, 0.1) is 17.3 Å². The Hall–Kier alpha value is -2.24. The van der Waals surface area contributed by atoms with Crippen LogP contribution in [0.2, 0.25) is 10.0 Å². The van der Waals surface area contributed by atoms with Crippen LogP contribution in [0.1, 0.15) is 23.7 Å². The first-order valence-electron chi connectivity index (χ1n) is 7.64. The van der Waals surface area contributed by atoms with E-state index in [0.29, 0.717) is 33.7 Å². The molecule has 0 bridgehead atoms. The van der Waals surface area contributed by atoms with Gasteiger partial charge in [-0.3, -0.25) is 4.79 Å². The fourth-order valence-corrected chi connectivity index (χ4v) is 2.23. The topological polar surface area (TPSA) is 64.6 Å². The van der Waals surface area contributed by atoms with Crippen molar-refractivity contribution in [2.45, 2.75) is 13.3 Å². The molecule has 0 fully saturated rings. The number of ether oxygens (including phenoxy) is 2. The number of carbonyl (C=O) groups is 2. The van der Waals surface area contributed by atoms with E-state index in [1.807, 2.05) is 6.92 Å². The minimum Gasteiger partial charge on any atom is -0.482 e. The third-order valence-electron chi connectivity index (χ3n) is 3.12. The zero-order valence-corrected chi connectivity index (χ0v) is 15.1. The van der Waals surface area contributed by atoms with Gasteiger partial charge in [-0.2, -0.15) is 0 Å². The monoisotopic (exact) mass is 381 g/mol. The smallest absolute Gasteiger partial charge is 0.344 e. The number of carbonyl (C=O) groups excluding carboxylic acids is 2. The molecule has 0 aliphatic heterocycles. The van der Waals surface area contributed by atoms with Crippen molar-refractivity contribution in [2.75, 3.05) is 18.5 Å². The molecule has 1 N–H and O–H groups in total. The maximum atomic E-state index is 12.2. The number of hydrogen-bond donors (Lipinski definition) is 1. The van der Waals surface area contributed by atoms with Gasteiger partial charge in [0.2, 0.25) is 0 Å². The van der Waals surface area contributed by atoms with Gasteiger partial charge in [0.25, 0.3) is 5.91 Å². The van der Waals surface area contributed by atoms with Crippen LogP contribution in [0.3, 0.4) is 0 Å². The molecule has 0 atom stereocenters. The number of hydrogen-bond acceptors (Lipinski definition) is 4. The highest BCUT2D eigenvalue weighted by Crippen LogP contribution is 2.26. The summed E-state index contributed by atoms with van der Waals surface area (Å²) in [7, 11) is 0. The number of anilines is 1. The second-order valence-electron chi connectivity index (χ2n) is 5.11. The van der Waals surface area contributed by atoms with E-state index in [1.165, 1.54) is 0 Å². The lowest BCUT2D eigenvalue weighted by Gasteiger charge is -2.09. The molecule has 7 heteroatoms. The van der Waals surface area contributed by atoms with E-state index in [4.69, 9.17) is 32.7 Å². The lowest BCUT2D eigenvalue weighted by atomic mass is 10.2.